The molecule has 0 bridgehead atoms. The predicted molar refractivity (Wildman–Crippen MR) is 70.9 cm³/mol. The Kier molecular flexibility index (Phi) is 4.09. The highest BCUT2D eigenvalue weighted by molar-refractivity contribution is 5.58. The smallest absolute Gasteiger partial charge is 0.270 e. The first-order valence-corrected chi connectivity index (χ1v) is 6.23. The third-order valence-corrected chi connectivity index (χ3v) is 2.94. The van der Waals surface area contributed by atoms with Crippen LogP contribution in [0.4, 0.5) is 5.69 Å². The molecular weight excluding hydrogens is 262 g/mol. The quantitative estimate of drug-likeness (QED) is 0.664. The lowest BCUT2D eigenvalue weighted by Gasteiger charge is -2.10. The highest BCUT2D eigenvalue weighted by Gasteiger charge is 2.17. The van der Waals surface area contributed by atoms with Crippen LogP contribution in [0.2, 0.25) is 0 Å². The number of nitro groups is 1. The van der Waals surface area contributed by atoms with Gasteiger partial charge in [0.2, 0.25) is 11.7 Å². The van der Waals surface area contributed by atoms with Gasteiger partial charge >= 0.3 is 0 Å². The van der Waals surface area contributed by atoms with Crippen molar-refractivity contribution in [2.24, 2.45) is 5.92 Å². The van der Waals surface area contributed by atoms with Crippen LogP contribution in [-0.2, 0) is 6.42 Å². The van der Waals surface area contributed by atoms with Crippen LogP contribution < -0.4 is 0 Å². The number of aromatic nitrogens is 2. The molecule has 0 radical (unpaired) electrons. The number of rotatable bonds is 5. The van der Waals surface area contributed by atoms with Crippen LogP contribution >= 0.6 is 0 Å². The second kappa shape index (κ2) is 5.79. The van der Waals surface area contributed by atoms with Gasteiger partial charge in [-0.3, -0.25) is 10.1 Å². The van der Waals surface area contributed by atoms with E-state index >= 15 is 0 Å². The molecule has 0 aliphatic heterocycles. The van der Waals surface area contributed by atoms with E-state index in [-0.39, 0.29) is 23.9 Å². The zero-order valence-electron chi connectivity index (χ0n) is 11.2. The summed E-state index contributed by atoms with van der Waals surface area (Å²) >= 11 is 0. The maximum Gasteiger partial charge on any atom is 0.270 e. The first kappa shape index (κ1) is 14.1. The summed E-state index contributed by atoms with van der Waals surface area (Å²) in [4.78, 5) is 14.4. The van der Waals surface area contributed by atoms with Crippen LogP contribution in [0.5, 0.6) is 0 Å². The van der Waals surface area contributed by atoms with Gasteiger partial charge in [-0.15, -0.1) is 0 Å². The third-order valence-electron chi connectivity index (χ3n) is 2.94. The normalized spacial score (nSPS) is 12.6. The number of nitro benzene ring substituents is 1. The van der Waals surface area contributed by atoms with Crippen molar-refractivity contribution in [3.05, 3.63) is 40.3 Å². The maximum atomic E-state index is 10.7. The lowest BCUT2D eigenvalue weighted by Crippen LogP contribution is -2.17. The molecule has 0 saturated carbocycles. The van der Waals surface area contributed by atoms with Gasteiger partial charge in [-0.25, -0.2) is 0 Å². The Hall–Kier alpha value is -2.28. The fourth-order valence-corrected chi connectivity index (χ4v) is 1.63. The molecule has 0 spiro atoms. The molecule has 1 unspecified atom stereocenters. The molecule has 0 amide bonds. The monoisotopic (exact) mass is 277 g/mol. The highest BCUT2D eigenvalue weighted by atomic mass is 16.6. The molecule has 7 nitrogen and oxygen atoms in total. The van der Waals surface area contributed by atoms with Crippen LogP contribution in [-0.4, -0.2) is 26.3 Å². The van der Waals surface area contributed by atoms with Gasteiger partial charge in [-0.2, -0.15) is 4.98 Å². The minimum absolute atomic E-state index is 0.0314. The van der Waals surface area contributed by atoms with Gasteiger partial charge in [0, 0.05) is 17.7 Å². The van der Waals surface area contributed by atoms with Crippen LogP contribution in [0.3, 0.4) is 0 Å². The fourth-order valence-electron chi connectivity index (χ4n) is 1.63. The van der Waals surface area contributed by atoms with Gasteiger partial charge in [0.25, 0.3) is 5.69 Å². The SMILES string of the molecule is CC(C)C(O)Cc1nc(-c2cccc([N+](=O)[O-])c2)no1. The number of benzene rings is 1. The van der Waals surface area contributed by atoms with Gasteiger partial charge in [0.1, 0.15) is 0 Å². The summed E-state index contributed by atoms with van der Waals surface area (Å²) in [6.07, 6.45) is -0.298. The molecule has 1 N–H and O–H groups in total. The van der Waals surface area contributed by atoms with E-state index in [0.717, 1.165) is 0 Å². The zero-order chi connectivity index (χ0) is 14.7. The molecule has 2 rings (SSSR count). The Morgan fingerprint density at radius 2 is 2.20 bits per heavy atom. The fraction of sp³-hybridized carbons (Fsp3) is 0.385. The van der Waals surface area contributed by atoms with Crippen molar-refractivity contribution in [1.82, 2.24) is 10.1 Å². The summed E-state index contributed by atoms with van der Waals surface area (Å²) in [5.41, 5.74) is 0.476. The number of aliphatic hydroxyl groups excluding tert-OH is 1. The largest absolute Gasteiger partial charge is 0.392 e. The van der Waals surface area contributed by atoms with Crippen molar-refractivity contribution in [3.8, 4) is 11.4 Å². The van der Waals surface area contributed by atoms with E-state index in [0.29, 0.717) is 11.5 Å². The first-order chi connectivity index (χ1) is 9.47. The van der Waals surface area contributed by atoms with E-state index in [1.807, 2.05) is 13.8 Å². The lowest BCUT2D eigenvalue weighted by atomic mass is 10.0. The molecule has 1 aromatic carbocycles. The van der Waals surface area contributed by atoms with E-state index in [1.54, 1.807) is 12.1 Å². The number of nitrogens with zero attached hydrogens (tertiary/aromatic N) is 3. The molecule has 0 saturated heterocycles. The topological polar surface area (TPSA) is 102 Å². The van der Waals surface area contributed by atoms with E-state index in [2.05, 4.69) is 10.1 Å². The second-order valence-corrected chi connectivity index (χ2v) is 4.83. The first-order valence-electron chi connectivity index (χ1n) is 6.23. The summed E-state index contributed by atoms with van der Waals surface area (Å²) in [7, 11) is 0. The van der Waals surface area contributed by atoms with Crippen molar-refractivity contribution in [2.45, 2.75) is 26.4 Å². The summed E-state index contributed by atoms with van der Waals surface area (Å²) in [6.45, 7) is 3.78. The van der Waals surface area contributed by atoms with Crippen LogP contribution in [0.25, 0.3) is 11.4 Å². The van der Waals surface area contributed by atoms with Crippen molar-refractivity contribution in [1.29, 1.82) is 0 Å². The number of hydrogen-bond acceptors (Lipinski definition) is 6. The Morgan fingerprint density at radius 3 is 2.85 bits per heavy atom. The molecule has 20 heavy (non-hydrogen) atoms. The molecule has 7 heteroatoms. The highest BCUT2D eigenvalue weighted by Crippen LogP contribution is 2.21. The van der Waals surface area contributed by atoms with E-state index < -0.39 is 11.0 Å². The Labute approximate surface area is 115 Å². The molecule has 0 fully saturated rings. The van der Waals surface area contributed by atoms with Crippen LogP contribution in [0, 0.1) is 16.0 Å². The number of hydrogen-bond donors (Lipinski definition) is 1. The molecule has 0 aliphatic carbocycles. The van der Waals surface area contributed by atoms with E-state index in [4.69, 9.17) is 4.52 Å². The maximum absolute atomic E-state index is 10.7. The zero-order valence-corrected chi connectivity index (χ0v) is 11.2. The van der Waals surface area contributed by atoms with Gasteiger partial charge in [-0.05, 0) is 5.92 Å². The average Bonchev–Trinajstić information content (AvgIpc) is 2.87. The third kappa shape index (κ3) is 3.18. The minimum atomic E-state index is -0.562. The van der Waals surface area contributed by atoms with Gasteiger partial charge in [0.15, 0.2) is 0 Å². The minimum Gasteiger partial charge on any atom is -0.392 e. The average molecular weight is 277 g/mol. The Balaban J connectivity index is 2.20. The second-order valence-electron chi connectivity index (χ2n) is 4.83. The van der Waals surface area contributed by atoms with Crippen molar-refractivity contribution < 1.29 is 14.6 Å². The summed E-state index contributed by atoms with van der Waals surface area (Å²) in [5.74, 6) is 0.676. The van der Waals surface area contributed by atoms with E-state index in [1.165, 1.54) is 12.1 Å². The van der Waals surface area contributed by atoms with Crippen LogP contribution in [0.1, 0.15) is 19.7 Å². The molecule has 1 aromatic heterocycles. The van der Waals surface area contributed by atoms with Crippen LogP contribution in [0.15, 0.2) is 28.8 Å². The number of non-ortho nitro benzene ring substituents is 1. The molecule has 106 valence electrons. The molecule has 1 heterocycles. The summed E-state index contributed by atoms with van der Waals surface area (Å²) < 4.78 is 5.05. The summed E-state index contributed by atoms with van der Waals surface area (Å²) in [5, 5.41) is 24.3. The molecule has 0 aliphatic rings. The van der Waals surface area contributed by atoms with Gasteiger partial charge in [-0.1, -0.05) is 31.1 Å². The summed E-state index contributed by atoms with van der Waals surface area (Å²) in [6, 6.07) is 6.01. The number of aliphatic hydroxyl groups is 1. The van der Waals surface area contributed by atoms with Crippen molar-refractivity contribution in [3.63, 3.8) is 0 Å². The van der Waals surface area contributed by atoms with E-state index in [9.17, 15) is 15.2 Å². The molecular formula is C13H15N3O4. The Bertz CT molecular complexity index is 609. The Morgan fingerprint density at radius 1 is 1.45 bits per heavy atom. The van der Waals surface area contributed by atoms with Gasteiger partial charge < -0.3 is 9.63 Å². The molecule has 2 aromatic rings. The van der Waals surface area contributed by atoms with Gasteiger partial charge in [0.05, 0.1) is 17.4 Å². The molecule has 1 atom stereocenters. The van der Waals surface area contributed by atoms with Crippen molar-refractivity contribution >= 4 is 5.69 Å². The lowest BCUT2D eigenvalue weighted by molar-refractivity contribution is -0.384. The predicted octanol–water partition coefficient (Wildman–Crippen LogP) is 2.20. The standard InChI is InChI=1S/C13H15N3O4/c1-8(2)11(17)7-12-14-13(15-20-12)9-4-3-5-10(6-9)16(18)19/h3-6,8,11,17H,7H2,1-2H3. The van der Waals surface area contributed by atoms with Crippen molar-refractivity contribution in [2.75, 3.05) is 0 Å².